The zero-order chi connectivity index (χ0) is 9.07. The Balaban J connectivity index is 0. The van der Waals surface area contributed by atoms with Crippen molar-refractivity contribution < 1.29 is 21.7 Å². The normalized spacial score (nSPS) is 14.0. The van der Waals surface area contributed by atoms with E-state index in [1.807, 2.05) is 24.3 Å². The molecule has 2 aliphatic rings. The molecule has 13 heavy (non-hydrogen) atoms. The predicted molar refractivity (Wildman–Crippen MR) is 54.9 cm³/mol. The fourth-order valence-electron chi connectivity index (χ4n) is 0.680. The van der Waals surface area contributed by atoms with E-state index in [2.05, 4.69) is 35.9 Å². The maximum absolute atomic E-state index is 4.64. The Morgan fingerprint density at radius 1 is 0.923 bits per heavy atom. The van der Waals surface area contributed by atoms with Crippen LogP contribution in [0.25, 0.3) is 0 Å². The van der Waals surface area contributed by atoms with Crippen molar-refractivity contribution >= 4 is 11.6 Å². The summed E-state index contributed by atoms with van der Waals surface area (Å²) in [7, 11) is 0. The second-order valence-electron chi connectivity index (χ2n) is 2.01. The maximum atomic E-state index is 4.64. The van der Waals surface area contributed by atoms with Crippen molar-refractivity contribution in [1.29, 1.82) is 0 Å². The van der Waals surface area contributed by atoms with Gasteiger partial charge in [-0.15, -0.1) is 24.4 Å². The van der Waals surface area contributed by atoms with Gasteiger partial charge in [0.25, 0.3) is 0 Å². The molecule has 0 fully saturated rings. The van der Waals surface area contributed by atoms with Gasteiger partial charge in [-0.25, -0.2) is 24.3 Å². The molecular weight excluding hydrogens is 215 g/mol. The standard InChI is InChI=1S/2C5H5.CH3Cl.Ti/c2*1-2-4-5-3-1;1-2;/h2*1-3H,4H2;1H3;/q2*-1;;+2. The van der Waals surface area contributed by atoms with Crippen LogP contribution in [0.2, 0.25) is 0 Å². The van der Waals surface area contributed by atoms with Crippen molar-refractivity contribution in [3.63, 3.8) is 0 Å². The number of hydrogen-bond donors (Lipinski definition) is 0. The molecule has 0 saturated heterocycles. The number of rotatable bonds is 0. The van der Waals surface area contributed by atoms with Crippen LogP contribution in [-0.2, 0) is 21.7 Å². The van der Waals surface area contributed by atoms with E-state index in [1.165, 1.54) is 6.38 Å². The Morgan fingerprint density at radius 2 is 1.31 bits per heavy atom. The van der Waals surface area contributed by atoms with E-state index >= 15 is 0 Å². The van der Waals surface area contributed by atoms with Crippen molar-refractivity contribution in [2.45, 2.75) is 12.8 Å². The molecule has 0 aromatic heterocycles. The van der Waals surface area contributed by atoms with Crippen molar-refractivity contribution in [3.05, 3.63) is 48.6 Å². The number of allylic oxidation sites excluding steroid dienone is 8. The topological polar surface area (TPSA) is 0 Å². The molecule has 0 unspecified atom stereocenters. The Bertz CT molecular complexity index is 148. The summed E-state index contributed by atoms with van der Waals surface area (Å²) in [6.07, 6.45) is 21.5. The Kier molecular flexibility index (Phi) is 17.2. The third kappa shape index (κ3) is 12.0. The van der Waals surface area contributed by atoms with Crippen LogP contribution in [0.1, 0.15) is 12.8 Å². The molecule has 0 aromatic carbocycles. The monoisotopic (exact) mass is 228 g/mol. The molecule has 0 saturated carbocycles. The molecule has 0 N–H and O–H groups in total. The largest absolute Gasteiger partial charge is 2.00 e. The molecule has 0 spiro atoms. The molecule has 0 atom stereocenters. The summed E-state index contributed by atoms with van der Waals surface area (Å²) in [6.45, 7) is 0. The molecule has 2 rings (SSSR count). The first-order chi connectivity index (χ1) is 6.00. The minimum absolute atomic E-state index is 0. The van der Waals surface area contributed by atoms with Gasteiger partial charge in [-0.05, 0) is 0 Å². The summed E-state index contributed by atoms with van der Waals surface area (Å²) < 4.78 is 0. The predicted octanol–water partition coefficient (Wildman–Crippen LogP) is 3.46. The molecule has 0 bridgehead atoms. The molecule has 2 heteroatoms. The molecule has 0 aliphatic heterocycles. The second kappa shape index (κ2) is 14.5. The molecule has 0 radical (unpaired) electrons. The van der Waals surface area contributed by atoms with E-state index in [-0.39, 0.29) is 21.7 Å². The third-order valence-corrected chi connectivity index (χ3v) is 1.17. The van der Waals surface area contributed by atoms with Gasteiger partial charge in [0.05, 0.1) is 0 Å². The molecule has 0 nitrogen and oxygen atoms in total. The van der Waals surface area contributed by atoms with Crippen LogP contribution in [0.15, 0.2) is 36.5 Å². The summed E-state index contributed by atoms with van der Waals surface area (Å²) in [5.41, 5.74) is 0. The van der Waals surface area contributed by atoms with E-state index in [9.17, 15) is 0 Å². The van der Waals surface area contributed by atoms with Crippen molar-refractivity contribution in [2.24, 2.45) is 0 Å². The summed E-state index contributed by atoms with van der Waals surface area (Å²) in [5.74, 6) is 0. The number of halogens is 1. The van der Waals surface area contributed by atoms with Gasteiger partial charge in [-0.2, -0.15) is 12.2 Å². The second-order valence-corrected chi connectivity index (χ2v) is 2.01. The number of alkyl halides is 1. The van der Waals surface area contributed by atoms with Crippen LogP contribution >= 0.6 is 11.6 Å². The first kappa shape index (κ1) is 15.4. The van der Waals surface area contributed by atoms with Crippen LogP contribution < -0.4 is 0 Å². The molecule has 2 aliphatic carbocycles. The summed E-state index contributed by atoms with van der Waals surface area (Å²) in [4.78, 5) is 0. The van der Waals surface area contributed by atoms with E-state index in [0.717, 1.165) is 12.8 Å². The summed E-state index contributed by atoms with van der Waals surface area (Å²) in [6, 6.07) is 0. The maximum Gasteiger partial charge on any atom is 2.00 e. The van der Waals surface area contributed by atoms with E-state index < -0.39 is 0 Å². The third-order valence-electron chi connectivity index (χ3n) is 1.17. The molecule has 68 valence electrons. The van der Waals surface area contributed by atoms with Gasteiger partial charge in [0.2, 0.25) is 0 Å². The van der Waals surface area contributed by atoms with Crippen LogP contribution in [-0.4, -0.2) is 6.38 Å². The fourth-order valence-corrected chi connectivity index (χ4v) is 0.680. The van der Waals surface area contributed by atoms with Gasteiger partial charge < -0.3 is 0 Å². The zero-order valence-electron chi connectivity index (χ0n) is 7.76. The van der Waals surface area contributed by atoms with E-state index in [1.54, 1.807) is 0 Å². The van der Waals surface area contributed by atoms with Gasteiger partial charge in [0.15, 0.2) is 0 Å². The van der Waals surface area contributed by atoms with Crippen molar-refractivity contribution in [2.75, 3.05) is 6.38 Å². The molecular formula is C11H13ClTi. The minimum Gasteiger partial charge on any atom is -0.273 e. The molecule has 0 aromatic rings. The quantitative estimate of drug-likeness (QED) is 0.338. The van der Waals surface area contributed by atoms with Gasteiger partial charge >= 0.3 is 21.7 Å². The summed E-state index contributed by atoms with van der Waals surface area (Å²) >= 11 is 4.64. The van der Waals surface area contributed by atoms with Gasteiger partial charge in [0.1, 0.15) is 0 Å². The van der Waals surface area contributed by atoms with Crippen LogP contribution in [0.5, 0.6) is 0 Å². The van der Waals surface area contributed by atoms with Crippen molar-refractivity contribution in [1.82, 2.24) is 0 Å². The first-order valence-electron chi connectivity index (χ1n) is 3.81. The first-order valence-corrected chi connectivity index (χ1v) is 4.57. The average Bonchev–Trinajstić information content (AvgIpc) is 2.87. The molecule has 0 amide bonds. The average molecular weight is 229 g/mol. The van der Waals surface area contributed by atoms with Crippen LogP contribution in [0.3, 0.4) is 0 Å². The smallest absolute Gasteiger partial charge is 0.273 e. The fraction of sp³-hybridized carbons (Fsp3) is 0.273. The summed E-state index contributed by atoms with van der Waals surface area (Å²) in [5, 5.41) is 0. The van der Waals surface area contributed by atoms with Crippen LogP contribution in [0, 0.1) is 12.2 Å². The zero-order valence-corrected chi connectivity index (χ0v) is 10.1. The Morgan fingerprint density at radius 3 is 1.38 bits per heavy atom. The SMILES string of the molecule is CCl.[C-]1=CC=CC1.[C-]1=CC=CC1.[Ti+2]. The van der Waals surface area contributed by atoms with Crippen molar-refractivity contribution in [3.8, 4) is 0 Å². The minimum atomic E-state index is 0. The van der Waals surface area contributed by atoms with E-state index in [4.69, 9.17) is 0 Å². The Hall–Kier alpha value is -0.0357. The van der Waals surface area contributed by atoms with Gasteiger partial charge in [0, 0.05) is 6.38 Å². The Labute approximate surface area is 101 Å². The van der Waals surface area contributed by atoms with E-state index in [0.29, 0.717) is 0 Å². The number of hydrogen-bond acceptors (Lipinski definition) is 0. The van der Waals surface area contributed by atoms with Crippen LogP contribution in [0.4, 0.5) is 0 Å². The molecule has 0 heterocycles. The van der Waals surface area contributed by atoms with Gasteiger partial charge in [-0.3, -0.25) is 12.2 Å². The van der Waals surface area contributed by atoms with Gasteiger partial charge in [-0.1, -0.05) is 0 Å².